The molecule has 1 aromatic carbocycles. The van der Waals surface area contributed by atoms with Gasteiger partial charge in [-0.1, -0.05) is 12.1 Å². The lowest BCUT2D eigenvalue weighted by molar-refractivity contribution is -0.142. The Kier molecular flexibility index (Phi) is 3.45. The van der Waals surface area contributed by atoms with Crippen LogP contribution in [0.4, 0.5) is 0 Å². The lowest BCUT2D eigenvalue weighted by Crippen LogP contribution is -2.24. The zero-order valence-corrected chi connectivity index (χ0v) is 9.94. The van der Waals surface area contributed by atoms with E-state index >= 15 is 0 Å². The summed E-state index contributed by atoms with van der Waals surface area (Å²) < 4.78 is 5.10. The van der Waals surface area contributed by atoms with Gasteiger partial charge < -0.3 is 9.84 Å². The van der Waals surface area contributed by atoms with Gasteiger partial charge in [-0.05, 0) is 24.1 Å². The summed E-state index contributed by atoms with van der Waals surface area (Å²) in [5.41, 5.74) is 0.735. The Morgan fingerprint density at radius 3 is 2.94 bits per heavy atom. The van der Waals surface area contributed by atoms with Crippen molar-refractivity contribution in [1.29, 1.82) is 0 Å². The third kappa shape index (κ3) is 2.13. The van der Waals surface area contributed by atoms with Gasteiger partial charge in [-0.25, -0.2) is 0 Å². The molecule has 0 aromatic heterocycles. The van der Waals surface area contributed by atoms with E-state index in [4.69, 9.17) is 4.74 Å². The molecule has 2 rings (SSSR count). The van der Waals surface area contributed by atoms with Crippen LogP contribution < -0.4 is 4.74 Å². The second kappa shape index (κ2) is 5.03. The number of rotatable bonds is 4. The second-order valence-corrected chi connectivity index (χ2v) is 4.20. The lowest BCUT2D eigenvalue weighted by Gasteiger charge is -2.22. The minimum Gasteiger partial charge on any atom is -0.497 e. The Morgan fingerprint density at radius 1 is 1.56 bits per heavy atom. The van der Waals surface area contributed by atoms with Gasteiger partial charge in [-0.2, -0.15) is 0 Å². The maximum atomic E-state index is 11.2. The maximum absolute atomic E-state index is 11.2. The molecule has 1 N–H and O–H groups in total. The molecule has 1 heterocycles. The fourth-order valence-corrected chi connectivity index (χ4v) is 2.36. The number of carboxylic acid groups (broad SMARTS) is 1. The monoisotopic (exact) mass is 250 g/mol. The Hall–Kier alpha value is -2.11. The highest BCUT2D eigenvalue weighted by Gasteiger charge is 2.40. The molecular formula is C12H14N2O4. The van der Waals surface area contributed by atoms with Crippen LogP contribution in [-0.2, 0) is 4.79 Å². The Morgan fingerprint density at radius 2 is 2.33 bits per heavy atom. The lowest BCUT2D eigenvalue weighted by atomic mass is 9.94. The van der Waals surface area contributed by atoms with E-state index in [1.165, 1.54) is 12.1 Å². The minimum atomic E-state index is -0.908. The van der Waals surface area contributed by atoms with Gasteiger partial charge in [-0.3, -0.25) is 9.80 Å². The van der Waals surface area contributed by atoms with Crippen LogP contribution in [0.25, 0.3) is 0 Å². The molecule has 1 aliphatic rings. The molecule has 6 heteroatoms. The highest BCUT2D eigenvalue weighted by molar-refractivity contribution is 5.71. The number of methoxy groups -OCH3 is 1. The number of hydrogen-bond acceptors (Lipinski definition) is 4. The first-order valence-electron chi connectivity index (χ1n) is 5.64. The molecule has 0 radical (unpaired) electrons. The van der Waals surface area contributed by atoms with Crippen LogP contribution in [0.15, 0.2) is 29.6 Å². The number of nitroso groups, excluding NO2 is 1. The number of benzene rings is 1. The molecule has 1 aromatic rings. The predicted octanol–water partition coefficient (Wildman–Crippen LogP) is 1.82. The van der Waals surface area contributed by atoms with Crippen molar-refractivity contribution >= 4 is 5.97 Å². The van der Waals surface area contributed by atoms with Gasteiger partial charge in [-0.15, -0.1) is 4.91 Å². The van der Waals surface area contributed by atoms with E-state index < -0.39 is 17.9 Å². The first-order chi connectivity index (χ1) is 8.67. The first kappa shape index (κ1) is 12.3. The summed E-state index contributed by atoms with van der Waals surface area (Å²) in [4.78, 5) is 22.0. The molecule has 6 nitrogen and oxygen atoms in total. The average molecular weight is 250 g/mol. The largest absolute Gasteiger partial charge is 0.497 e. The first-order valence-corrected chi connectivity index (χ1v) is 5.64. The van der Waals surface area contributed by atoms with E-state index in [0.717, 1.165) is 5.56 Å². The van der Waals surface area contributed by atoms with Crippen molar-refractivity contribution in [2.45, 2.75) is 12.5 Å². The van der Waals surface area contributed by atoms with Crippen LogP contribution in [-0.4, -0.2) is 29.7 Å². The molecule has 96 valence electrons. The van der Waals surface area contributed by atoms with Gasteiger partial charge in [0.2, 0.25) is 0 Å². The van der Waals surface area contributed by atoms with Gasteiger partial charge in [0.25, 0.3) is 0 Å². The molecule has 0 saturated carbocycles. The highest BCUT2D eigenvalue weighted by atomic mass is 16.5. The number of carboxylic acids is 1. The van der Waals surface area contributed by atoms with Crippen molar-refractivity contribution in [3.8, 4) is 5.75 Å². The third-order valence-electron chi connectivity index (χ3n) is 3.23. The summed E-state index contributed by atoms with van der Waals surface area (Å²) in [6.07, 6.45) is 0.420. The Labute approximate surface area is 104 Å². The topological polar surface area (TPSA) is 79.2 Å². The molecule has 0 spiro atoms. The standard InChI is InChI=1S/C12H14N2O4/c1-18-9-4-2-3-8(7-9)11-10(12(15)16)5-6-14(11)13-17/h2-4,7,10-11H,5-6H2,1H3,(H,15,16). The molecule has 0 amide bonds. The van der Waals surface area contributed by atoms with Crippen molar-refractivity contribution in [2.75, 3.05) is 13.7 Å². The van der Waals surface area contributed by atoms with E-state index in [1.807, 2.05) is 0 Å². The zero-order valence-electron chi connectivity index (χ0n) is 9.94. The van der Waals surface area contributed by atoms with Gasteiger partial charge in [0.05, 0.1) is 24.4 Å². The van der Waals surface area contributed by atoms with Gasteiger partial charge in [0, 0.05) is 6.54 Å². The predicted molar refractivity (Wildman–Crippen MR) is 64.0 cm³/mol. The molecule has 1 fully saturated rings. The fourth-order valence-electron chi connectivity index (χ4n) is 2.36. The van der Waals surface area contributed by atoms with Crippen LogP contribution in [0.5, 0.6) is 5.75 Å². The maximum Gasteiger partial charge on any atom is 0.309 e. The van der Waals surface area contributed by atoms with Crippen molar-refractivity contribution in [1.82, 2.24) is 5.01 Å². The van der Waals surface area contributed by atoms with E-state index in [1.54, 1.807) is 24.3 Å². The van der Waals surface area contributed by atoms with Crippen molar-refractivity contribution in [3.05, 3.63) is 34.7 Å². The van der Waals surface area contributed by atoms with Crippen LogP contribution >= 0.6 is 0 Å². The van der Waals surface area contributed by atoms with Gasteiger partial charge >= 0.3 is 5.97 Å². The summed E-state index contributed by atoms with van der Waals surface area (Å²) in [5.74, 6) is -0.891. The highest BCUT2D eigenvalue weighted by Crippen LogP contribution is 2.38. The molecule has 0 aliphatic carbocycles. The van der Waals surface area contributed by atoms with E-state index in [-0.39, 0.29) is 0 Å². The van der Waals surface area contributed by atoms with Crippen LogP contribution in [0.1, 0.15) is 18.0 Å². The van der Waals surface area contributed by atoms with Crippen molar-refractivity contribution in [2.24, 2.45) is 11.2 Å². The zero-order chi connectivity index (χ0) is 13.1. The average Bonchev–Trinajstić information content (AvgIpc) is 2.82. The Bertz CT molecular complexity index is 463. The Balaban J connectivity index is 2.36. The van der Waals surface area contributed by atoms with E-state index in [2.05, 4.69) is 5.29 Å². The summed E-state index contributed by atoms with van der Waals surface area (Å²) in [6, 6.07) is 6.55. The van der Waals surface area contributed by atoms with Crippen LogP contribution in [0, 0.1) is 10.8 Å². The molecule has 1 saturated heterocycles. The van der Waals surface area contributed by atoms with Crippen LogP contribution in [0.2, 0.25) is 0 Å². The number of nitrogens with zero attached hydrogens (tertiary/aromatic N) is 2. The molecular weight excluding hydrogens is 236 g/mol. The third-order valence-corrected chi connectivity index (χ3v) is 3.23. The molecule has 2 unspecified atom stereocenters. The normalized spacial score (nSPS) is 22.8. The summed E-state index contributed by atoms with van der Waals surface area (Å²) in [5, 5.41) is 13.4. The summed E-state index contributed by atoms with van der Waals surface area (Å²) >= 11 is 0. The van der Waals surface area contributed by atoms with Crippen molar-refractivity contribution in [3.63, 3.8) is 0 Å². The molecule has 0 bridgehead atoms. The van der Waals surface area contributed by atoms with Gasteiger partial charge in [0.15, 0.2) is 0 Å². The van der Waals surface area contributed by atoms with E-state index in [9.17, 15) is 14.8 Å². The smallest absolute Gasteiger partial charge is 0.309 e. The number of hydrogen-bond donors (Lipinski definition) is 1. The van der Waals surface area contributed by atoms with Crippen molar-refractivity contribution < 1.29 is 14.6 Å². The number of carbonyl (C=O) groups is 1. The fraction of sp³-hybridized carbons (Fsp3) is 0.417. The van der Waals surface area contributed by atoms with Gasteiger partial charge in [0.1, 0.15) is 5.75 Å². The summed E-state index contributed by atoms with van der Waals surface area (Å²) in [7, 11) is 1.54. The molecule has 18 heavy (non-hydrogen) atoms. The van der Waals surface area contributed by atoms with Crippen LogP contribution in [0.3, 0.4) is 0 Å². The molecule has 1 aliphatic heterocycles. The SMILES string of the molecule is COc1cccc(C2C(C(=O)O)CCN2N=O)c1. The summed E-state index contributed by atoms with van der Waals surface area (Å²) in [6.45, 7) is 0.363. The second-order valence-electron chi connectivity index (χ2n) is 4.20. The number of aliphatic carboxylic acids is 1. The minimum absolute atomic E-state index is 0.363. The number of ether oxygens (including phenoxy) is 1. The molecule has 2 atom stereocenters. The quantitative estimate of drug-likeness (QED) is 0.824. The van der Waals surface area contributed by atoms with E-state index in [0.29, 0.717) is 18.7 Å².